The maximum Gasteiger partial charge on any atom is 0.300 e. The van der Waals surface area contributed by atoms with Crippen LogP contribution in [0.4, 0.5) is 0 Å². The highest BCUT2D eigenvalue weighted by molar-refractivity contribution is 7.93. The van der Waals surface area contributed by atoms with Crippen LogP contribution in [-0.4, -0.2) is 34.9 Å². The summed E-state index contributed by atoms with van der Waals surface area (Å²) in [6.07, 6.45) is 0. The zero-order valence-corrected chi connectivity index (χ0v) is 9.32. The summed E-state index contributed by atoms with van der Waals surface area (Å²) in [4.78, 5) is 0. The Morgan fingerprint density at radius 2 is 1.46 bits per heavy atom. The molecule has 0 aromatic rings. The van der Waals surface area contributed by atoms with Crippen molar-refractivity contribution in [2.24, 2.45) is 0 Å². The molecular formula is C3H6Cl2O6S2. The molecule has 2 N–H and O–H groups in total. The van der Waals surface area contributed by atoms with Gasteiger partial charge in [-0.1, -0.05) is 23.2 Å². The van der Waals surface area contributed by atoms with E-state index in [1.165, 1.54) is 0 Å². The minimum Gasteiger partial charge on any atom is -0.285 e. The molecule has 0 rings (SSSR count). The van der Waals surface area contributed by atoms with E-state index in [0.29, 0.717) is 0 Å². The van der Waals surface area contributed by atoms with E-state index < -0.39 is 29.2 Å². The second-order valence-electron chi connectivity index (χ2n) is 2.19. The van der Waals surface area contributed by atoms with Crippen LogP contribution >= 0.6 is 23.2 Å². The quantitative estimate of drug-likeness (QED) is 0.564. The molecule has 1 unspecified atom stereocenters. The van der Waals surface area contributed by atoms with Crippen LogP contribution in [-0.2, 0) is 20.2 Å². The van der Waals surface area contributed by atoms with Crippen molar-refractivity contribution in [3.63, 3.8) is 0 Å². The van der Waals surface area contributed by atoms with Crippen molar-refractivity contribution in [3.8, 4) is 0 Å². The van der Waals surface area contributed by atoms with E-state index in [1.807, 2.05) is 0 Å². The Kier molecular flexibility index (Phi) is 3.63. The SMILES string of the molecule is CC(C(Cl)(Cl)S(=O)(=O)O)S(=O)(=O)O. The van der Waals surface area contributed by atoms with Gasteiger partial charge in [0.25, 0.3) is 13.8 Å². The van der Waals surface area contributed by atoms with Gasteiger partial charge in [-0.2, -0.15) is 16.8 Å². The third-order valence-corrected chi connectivity index (χ3v) is 5.79. The minimum absolute atomic E-state index is 0.739. The topological polar surface area (TPSA) is 109 Å². The van der Waals surface area contributed by atoms with Gasteiger partial charge in [0.15, 0.2) is 0 Å². The molecule has 0 aliphatic rings. The monoisotopic (exact) mass is 272 g/mol. The molecule has 0 aromatic carbocycles. The number of hydrogen-bond donors (Lipinski definition) is 2. The summed E-state index contributed by atoms with van der Waals surface area (Å²) in [5.41, 5.74) is 0. The van der Waals surface area contributed by atoms with Crippen LogP contribution in [0.3, 0.4) is 0 Å². The lowest BCUT2D eigenvalue weighted by molar-refractivity contribution is 0.451. The van der Waals surface area contributed by atoms with E-state index in [-0.39, 0.29) is 0 Å². The van der Waals surface area contributed by atoms with Crippen LogP contribution < -0.4 is 0 Å². The minimum atomic E-state index is -4.99. The van der Waals surface area contributed by atoms with Gasteiger partial charge < -0.3 is 0 Å². The highest BCUT2D eigenvalue weighted by Crippen LogP contribution is 2.34. The summed E-state index contributed by atoms with van der Waals surface area (Å²) in [5.74, 6) is 0. The van der Waals surface area contributed by atoms with Crippen LogP contribution in [0, 0.1) is 0 Å². The van der Waals surface area contributed by atoms with Gasteiger partial charge in [-0.25, -0.2) is 0 Å². The van der Waals surface area contributed by atoms with Crippen molar-refractivity contribution >= 4 is 43.4 Å². The molecule has 10 heteroatoms. The average molecular weight is 273 g/mol. The molecule has 0 aliphatic heterocycles. The molecule has 0 amide bonds. The van der Waals surface area contributed by atoms with Gasteiger partial charge in [0.2, 0.25) is 0 Å². The maximum absolute atomic E-state index is 10.5. The van der Waals surface area contributed by atoms with E-state index in [2.05, 4.69) is 0 Å². The first kappa shape index (κ1) is 13.4. The fourth-order valence-electron chi connectivity index (χ4n) is 0.383. The fraction of sp³-hybridized carbons (Fsp3) is 1.00. The molecule has 0 bridgehead atoms. The summed E-state index contributed by atoms with van der Waals surface area (Å²) >= 11 is 10.1. The van der Waals surface area contributed by atoms with E-state index in [0.717, 1.165) is 6.92 Å². The Labute approximate surface area is 85.3 Å². The molecule has 0 saturated heterocycles. The van der Waals surface area contributed by atoms with Crippen molar-refractivity contribution in [1.29, 1.82) is 0 Å². The van der Waals surface area contributed by atoms with Crippen molar-refractivity contribution in [1.82, 2.24) is 0 Å². The smallest absolute Gasteiger partial charge is 0.285 e. The first-order valence-corrected chi connectivity index (χ1v) is 6.41. The summed E-state index contributed by atoms with van der Waals surface area (Å²) in [7, 11) is -9.74. The molecule has 0 aliphatic carbocycles. The first-order chi connectivity index (χ1) is 5.40. The summed E-state index contributed by atoms with van der Waals surface area (Å²) in [5, 5.41) is -2.06. The predicted octanol–water partition coefficient (Wildman–Crippen LogP) is 0.282. The van der Waals surface area contributed by atoms with Crippen LogP contribution in [0.25, 0.3) is 0 Å². The Morgan fingerprint density at radius 1 is 1.15 bits per heavy atom. The Hall–Kier alpha value is 0.400. The molecular weight excluding hydrogens is 267 g/mol. The Bertz CT molecular complexity index is 380. The van der Waals surface area contributed by atoms with Gasteiger partial charge in [0.1, 0.15) is 5.25 Å². The molecule has 0 fully saturated rings. The van der Waals surface area contributed by atoms with Gasteiger partial charge >= 0.3 is 10.1 Å². The van der Waals surface area contributed by atoms with E-state index >= 15 is 0 Å². The van der Waals surface area contributed by atoms with Crippen molar-refractivity contribution < 1.29 is 25.9 Å². The van der Waals surface area contributed by atoms with Crippen LogP contribution in [0.5, 0.6) is 0 Å². The average Bonchev–Trinajstić information content (AvgIpc) is 1.81. The zero-order chi connectivity index (χ0) is 11.1. The summed E-state index contributed by atoms with van der Waals surface area (Å²) < 4.78 is 55.6. The predicted molar refractivity (Wildman–Crippen MR) is 47.0 cm³/mol. The highest BCUT2D eigenvalue weighted by atomic mass is 35.5. The molecule has 0 spiro atoms. The second kappa shape index (κ2) is 3.52. The normalized spacial score (nSPS) is 17.0. The largest absolute Gasteiger partial charge is 0.300 e. The van der Waals surface area contributed by atoms with E-state index in [1.54, 1.807) is 0 Å². The first-order valence-electron chi connectivity index (χ1n) is 2.72. The molecule has 0 saturated carbocycles. The zero-order valence-electron chi connectivity index (χ0n) is 6.18. The lowest BCUT2D eigenvalue weighted by Crippen LogP contribution is -2.41. The Balaban J connectivity index is 5.35. The maximum atomic E-state index is 10.5. The molecule has 0 aromatic heterocycles. The van der Waals surface area contributed by atoms with E-state index in [9.17, 15) is 16.8 Å². The van der Waals surface area contributed by atoms with Gasteiger partial charge in [0.05, 0.1) is 0 Å². The van der Waals surface area contributed by atoms with Crippen molar-refractivity contribution in [3.05, 3.63) is 0 Å². The van der Waals surface area contributed by atoms with Crippen LogP contribution in [0.1, 0.15) is 6.92 Å². The molecule has 1 atom stereocenters. The van der Waals surface area contributed by atoms with E-state index in [4.69, 9.17) is 32.3 Å². The third kappa shape index (κ3) is 2.93. The van der Waals surface area contributed by atoms with Crippen LogP contribution in [0.15, 0.2) is 0 Å². The number of halogens is 2. The summed E-state index contributed by atoms with van der Waals surface area (Å²) in [6.45, 7) is 0.739. The van der Waals surface area contributed by atoms with Crippen molar-refractivity contribution in [2.75, 3.05) is 0 Å². The van der Waals surface area contributed by atoms with Gasteiger partial charge in [-0.15, -0.1) is 0 Å². The lowest BCUT2D eigenvalue weighted by Gasteiger charge is -2.20. The van der Waals surface area contributed by atoms with Gasteiger partial charge in [-0.05, 0) is 6.92 Å². The standard InChI is InChI=1S/C3H6Cl2O6S2/c1-2(12(6,7)8)3(4,5)13(9,10)11/h2H,1H3,(H,6,7,8)(H,9,10,11). The molecule has 13 heavy (non-hydrogen) atoms. The second-order valence-corrected chi connectivity index (χ2v) is 7.36. The molecule has 6 nitrogen and oxygen atoms in total. The van der Waals surface area contributed by atoms with Gasteiger partial charge in [-0.3, -0.25) is 9.11 Å². The molecule has 0 radical (unpaired) electrons. The lowest BCUT2D eigenvalue weighted by atomic mass is 10.5. The Morgan fingerprint density at radius 3 is 1.54 bits per heavy atom. The highest BCUT2D eigenvalue weighted by Gasteiger charge is 2.50. The van der Waals surface area contributed by atoms with Crippen molar-refractivity contribution in [2.45, 2.75) is 15.8 Å². The number of hydrogen-bond acceptors (Lipinski definition) is 4. The fourth-order valence-corrected chi connectivity index (χ4v) is 2.55. The summed E-state index contributed by atoms with van der Waals surface area (Å²) in [6, 6.07) is 0. The number of rotatable bonds is 3. The molecule has 0 heterocycles. The van der Waals surface area contributed by atoms with Gasteiger partial charge in [0, 0.05) is 0 Å². The number of alkyl halides is 2. The molecule has 80 valence electrons. The van der Waals surface area contributed by atoms with Crippen LogP contribution in [0.2, 0.25) is 0 Å². The third-order valence-electron chi connectivity index (χ3n) is 1.26.